The molecule has 0 saturated carbocycles. The molecule has 0 aromatic carbocycles. The van der Waals surface area contributed by atoms with Crippen molar-refractivity contribution in [2.75, 3.05) is 6.61 Å². The summed E-state index contributed by atoms with van der Waals surface area (Å²) in [5, 5.41) is 19.2. The summed E-state index contributed by atoms with van der Waals surface area (Å²) in [6, 6.07) is 0. The molecule has 4 atom stereocenters. The Labute approximate surface area is 153 Å². The fraction of sp³-hybridized carbons (Fsp3) is 0.500. The molecule has 0 radical (unpaired) electrons. The average molecular weight is 362 g/mol. The van der Waals surface area contributed by atoms with Crippen LogP contribution in [0.2, 0.25) is 0 Å². The van der Waals surface area contributed by atoms with Gasteiger partial charge in [0, 0.05) is 17.6 Å². The molecule has 6 nitrogen and oxygen atoms in total. The molecule has 1 saturated heterocycles. The Bertz CT molecular complexity index is 684. The second-order valence-corrected chi connectivity index (χ2v) is 6.85. The Morgan fingerprint density at radius 1 is 1.46 bits per heavy atom. The number of fused-ring (bicyclic) bond motifs is 1. The number of carbonyl (C=O) groups excluding carboxylic acids is 2. The molecule has 1 aliphatic carbocycles. The molecule has 6 heteroatoms. The normalized spacial score (nSPS) is 34.1. The highest BCUT2D eigenvalue weighted by molar-refractivity contribution is 5.92. The lowest BCUT2D eigenvalue weighted by atomic mass is 9.85. The molecule has 2 aliphatic rings. The van der Waals surface area contributed by atoms with Gasteiger partial charge in [0.25, 0.3) is 0 Å². The third-order valence-corrected chi connectivity index (χ3v) is 4.81. The molecular formula is C20H26O6. The highest BCUT2D eigenvalue weighted by Crippen LogP contribution is 2.36. The molecule has 0 bridgehead atoms. The zero-order valence-corrected chi connectivity index (χ0v) is 15.4. The van der Waals surface area contributed by atoms with E-state index in [2.05, 4.69) is 6.58 Å². The minimum absolute atomic E-state index is 0.253. The molecule has 142 valence electrons. The number of rotatable bonds is 3. The maximum atomic E-state index is 12.3. The van der Waals surface area contributed by atoms with Crippen molar-refractivity contribution < 1.29 is 29.3 Å². The summed E-state index contributed by atoms with van der Waals surface area (Å²) >= 11 is 0. The van der Waals surface area contributed by atoms with Crippen molar-refractivity contribution in [1.82, 2.24) is 0 Å². The van der Waals surface area contributed by atoms with E-state index < -0.39 is 36.2 Å². The first-order valence-corrected chi connectivity index (χ1v) is 8.65. The molecule has 0 aromatic heterocycles. The molecule has 0 spiro atoms. The van der Waals surface area contributed by atoms with Crippen molar-refractivity contribution in [2.45, 2.75) is 51.9 Å². The highest BCUT2D eigenvalue weighted by atomic mass is 16.6. The monoisotopic (exact) mass is 362 g/mol. The van der Waals surface area contributed by atoms with Gasteiger partial charge in [0.2, 0.25) is 0 Å². The average Bonchev–Trinajstić information content (AvgIpc) is 2.85. The van der Waals surface area contributed by atoms with Gasteiger partial charge in [0.05, 0.1) is 18.6 Å². The van der Waals surface area contributed by atoms with Gasteiger partial charge in [-0.25, -0.2) is 9.59 Å². The van der Waals surface area contributed by atoms with Crippen molar-refractivity contribution in [2.24, 2.45) is 5.92 Å². The number of hydrogen-bond donors (Lipinski definition) is 2. The van der Waals surface area contributed by atoms with Crippen LogP contribution in [-0.4, -0.2) is 47.1 Å². The quantitative estimate of drug-likeness (QED) is 0.453. The van der Waals surface area contributed by atoms with Crippen molar-refractivity contribution >= 4 is 11.9 Å². The van der Waals surface area contributed by atoms with Crippen LogP contribution < -0.4 is 0 Å². The van der Waals surface area contributed by atoms with Gasteiger partial charge in [-0.3, -0.25) is 0 Å². The number of aliphatic hydroxyl groups excluding tert-OH is 2. The second kappa shape index (κ2) is 8.47. The predicted molar refractivity (Wildman–Crippen MR) is 96.0 cm³/mol. The molecule has 0 amide bonds. The van der Waals surface area contributed by atoms with Gasteiger partial charge in [-0.05, 0) is 44.9 Å². The summed E-state index contributed by atoms with van der Waals surface area (Å²) in [5.74, 6) is -1.61. The van der Waals surface area contributed by atoms with Gasteiger partial charge in [-0.1, -0.05) is 18.2 Å². The van der Waals surface area contributed by atoms with Crippen LogP contribution in [-0.2, 0) is 19.1 Å². The molecule has 0 unspecified atom stereocenters. The number of hydrogen-bond acceptors (Lipinski definition) is 6. The third-order valence-electron chi connectivity index (χ3n) is 4.81. The van der Waals surface area contributed by atoms with E-state index in [0.29, 0.717) is 24.0 Å². The minimum Gasteiger partial charge on any atom is -0.458 e. The van der Waals surface area contributed by atoms with Crippen LogP contribution in [0.1, 0.15) is 33.6 Å². The largest absolute Gasteiger partial charge is 0.458 e. The lowest BCUT2D eigenvalue weighted by molar-refractivity contribution is -0.147. The Balaban J connectivity index is 2.39. The summed E-state index contributed by atoms with van der Waals surface area (Å²) < 4.78 is 11.1. The van der Waals surface area contributed by atoms with Gasteiger partial charge in [0.1, 0.15) is 12.2 Å². The summed E-state index contributed by atoms with van der Waals surface area (Å²) in [4.78, 5) is 24.4. The van der Waals surface area contributed by atoms with Crippen molar-refractivity contribution in [3.8, 4) is 0 Å². The lowest BCUT2D eigenvalue weighted by Crippen LogP contribution is -2.34. The second-order valence-electron chi connectivity index (χ2n) is 6.85. The fourth-order valence-electron chi connectivity index (χ4n) is 3.14. The zero-order valence-electron chi connectivity index (χ0n) is 15.4. The first kappa shape index (κ1) is 20.1. The number of esters is 2. The van der Waals surface area contributed by atoms with E-state index in [4.69, 9.17) is 14.6 Å². The van der Waals surface area contributed by atoms with Gasteiger partial charge < -0.3 is 19.7 Å². The van der Waals surface area contributed by atoms with E-state index >= 15 is 0 Å². The van der Waals surface area contributed by atoms with Crippen LogP contribution in [0.4, 0.5) is 0 Å². The van der Waals surface area contributed by atoms with E-state index in [1.165, 1.54) is 6.08 Å². The first-order chi connectivity index (χ1) is 12.2. The lowest BCUT2D eigenvalue weighted by Gasteiger charge is -2.28. The van der Waals surface area contributed by atoms with Crippen molar-refractivity contribution in [3.63, 3.8) is 0 Å². The van der Waals surface area contributed by atoms with E-state index in [9.17, 15) is 14.7 Å². The van der Waals surface area contributed by atoms with Crippen LogP contribution in [0.3, 0.4) is 0 Å². The SMILES string of the molecule is C=C1C(=O)O[C@@H]2/C=C(/C)[C@@H](O)C/C=C(/C)C[C@H](OC(=O)/C(C)=C/CO)[C@@H]12. The van der Waals surface area contributed by atoms with Gasteiger partial charge in [-0.2, -0.15) is 0 Å². The smallest absolute Gasteiger partial charge is 0.334 e. The predicted octanol–water partition coefficient (Wildman–Crippen LogP) is 1.98. The van der Waals surface area contributed by atoms with E-state index in [-0.39, 0.29) is 12.2 Å². The summed E-state index contributed by atoms with van der Waals surface area (Å²) in [6.45, 7) is 8.79. The zero-order chi connectivity index (χ0) is 19.4. The Morgan fingerprint density at radius 2 is 2.15 bits per heavy atom. The number of ether oxygens (including phenoxy) is 2. The van der Waals surface area contributed by atoms with Crippen LogP contribution in [0.5, 0.6) is 0 Å². The molecular weight excluding hydrogens is 336 g/mol. The summed E-state index contributed by atoms with van der Waals surface area (Å²) in [7, 11) is 0. The molecule has 0 aromatic rings. The molecule has 1 fully saturated rings. The van der Waals surface area contributed by atoms with Gasteiger partial charge in [0.15, 0.2) is 0 Å². The minimum atomic E-state index is -0.660. The van der Waals surface area contributed by atoms with E-state index in [0.717, 1.165) is 5.57 Å². The highest BCUT2D eigenvalue weighted by Gasteiger charge is 2.44. The van der Waals surface area contributed by atoms with E-state index in [1.807, 2.05) is 13.0 Å². The molecule has 2 N–H and O–H groups in total. The standard InChI is InChI=1S/C20H26O6/c1-11-5-6-15(22)13(3)10-17-18(14(4)20(24)26-17)16(9-11)25-19(23)12(2)7-8-21/h5,7,10,15-18,21-22H,4,6,8-9H2,1-3H3/b11-5-,12-7+,13-10-/t15-,16-,17+,18+/m0/s1. The van der Waals surface area contributed by atoms with Crippen LogP contribution in [0.25, 0.3) is 0 Å². The maximum Gasteiger partial charge on any atom is 0.334 e. The van der Waals surface area contributed by atoms with Crippen molar-refractivity contribution in [3.05, 3.63) is 47.1 Å². The first-order valence-electron chi connectivity index (χ1n) is 8.65. The van der Waals surface area contributed by atoms with Crippen LogP contribution in [0, 0.1) is 5.92 Å². The Hall–Kier alpha value is -2.18. The summed E-state index contributed by atoms with van der Waals surface area (Å²) in [6.07, 6.45) is 3.87. The molecule has 26 heavy (non-hydrogen) atoms. The third kappa shape index (κ3) is 4.51. The molecule has 1 heterocycles. The summed E-state index contributed by atoms with van der Waals surface area (Å²) in [5.41, 5.74) is 2.17. The van der Waals surface area contributed by atoms with E-state index in [1.54, 1.807) is 19.9 Å². The molecule has 1 aliphatic heterocycles. The number of aliphatic hydroxyl groups is 2. The number of carbonyl (C=O) groups is 2. The Morgan fingerprint density at radius 3 is 2.81 bits per heavy atom. The van der Waals surface area contributed by atoms with Crippen molar-refractivity contribution in [1.29, 1.82) is 0 Å². The topological polar surface area (TPSA) is 93.1 Å². The van der Waals surface area contributed by atoms with Gasteiger partial charge >= 0.3 is 11.9 Å². The van der Waals surface area contributed by atoms with Crippen LogP contribution in [0.15, 0.2) is 47.1 Å². The molecule has 2 rings (SSSR count). The van der Waals surface area contributed by atoms with Gasteiger partial charge in [-0.15, -0.1) is 0 Å². The van der Waals surface area contributed by atoms with Crippen LogP contribution >= 0.6 is 0 Å². The maximum absolute atomic E-state index is 12.3. The fourth-order valence-corrected chi connectivity index (χ4v) is 3.14. The Kier molecular flexibility index (Phi) is 6.56.